The highest BCUT2D eigenvalue weighted by atomic mass is 35.5. The number of carbonyl (C=O) groups is 1. The van der Waals surface area contributed by atoms with Gasteiger partial charge in [0, 0.05) is 25.4 Å². The molecule has 0 aliphatic heterocycles. The van der Waals surface area contributed by atoms with Gasteiger partial charge in [-0.15, -0.1) is 24.8 Å². The van der Waals surface area contributed by atoms with Crippen LogP contribution in [0.4, 0.5) is 14.5 Å². The van der Waals surface area contributed by atoms with E-state index in [1.807, 2.05) is 41.1 Å². The molecule has 29 heavy (non-hydrogen) atoms. The molecule has 3 rings (SSSR count). The third-order valence-electron chi connectivity index (χ3n) is 3.89. The molecular formula is C18H22Cl2F2N6O. The Bertz CT molecular complexity index is 887. The van der Waals surface area contributed by atoms with E-state index in [1.54, 1.807) is 6.33 Å². The number of amides is 1. The summed E-state index contributed by atoms with van der Waals surface area (Å²) in [6.07, 6.45) is 3.94. The second-order valence-corrected chi connectivity index (χ2v) is 6.16. The molecule has 0 saturated heterocycles. The van der Waals surface area contributed by atoms with E-state index < -0.39 is 24.9 Å². The van der Waals surface area contributed by atoms with Gasteiger partial charge in [0.1, 0.15) is 6.54 Å². The van der Waals surface area contributed by atoms with Crippen molar-refractivity contribution in [1.82, 2.24) is 19.3 Å². The molecule has 0 aliphatic carbocycles. The van der Waals surface area contributed by atoms with Crippen molar-refractivity contribution in [1.29, 1.82) is 0 Å². The number of aromatic nitrogens is 4. The maximum absolute atomic E-state index is 12.3. The summed E-state index contributed by atoms with van der Waals surface area (Å²) in [7, 11) is 0. The van der Waals surface area contributed by atoms with Crippen LogP contribution in [0.5, 0.6) is 0 Å². The van der Waals surface area contributed by atoms with Crippen molar-refractivity contribution >= 4 is 36.4 Å². The van der Waals surface area contributed by atoms with Gasteiger partial charge >= 0.3 is 0 Å². The Morgan fingerprint density at radius 1 is 1.17 bits per heavy atom. The van der Waals surface area contributed by atoms with Crippen molar-refractivity contribution in [3.8, 4) is 0 Å². The number of carbonyl (C=O) groups excluding carboxylic acids is 1. The van der Waals surface area contributed by atoms with Crippen molar-refractivity contribution in [3.63, 3.8) is 0 Å². The average Bonchev–Trinajstić information content (AvgIpc) is 3.24. The van der Waals surface area contributed by atoms with Gasteiger partial charge in [-0.05, 0) is 5.56 Å². The van der Waals surface area contributed by atoms with E-state index in [9.17, 15) is 13.6 Å². The molecule has 7 nitrogen and oxygen atoms in total. The van der Waals surface area contributed by atoms with E-state index in [0.29, 0.717) is 17.9 Å². The average molecular weight is 447 g/mol. The summed E-state index contributed by atoms with van der Waals surface area (Å²) >= 11 is 0. The second kappa shape index (κ2) is 11.5. The maximum Gasteiger partial charge on any atom is 0.257 e. The molecule has 1 aromatic carbocycles. The van der Waals surface area contributed by atoms with Gasteiger partial charge in [-0.2, -0.15) is 5.10 Å². The minimum Gasteiger partial charge on any atom is -0.333 e. The fourth-order valence-corrected chi connectivity index (χ4v) is 2.61. The Morgan fingerprint density at radius 2 is 1.90 bits per heavy atom. The van der Waals surface area contributed by atoms with Crippen molar-refractivity contribution in [2.45, 2.75) is 32.0 Å². The number of imidazole rings is 1. The minimum atomic E-state index is -2.51. The molecule has 11 heteroatoms. The lowest BCUT2D eigenvalue weighted by atomic mass is 10.1. The second-order valence-electron chi connectivity index (χ2n) is 6.16. The first-order valence-corrected chi connectivity index (χ1v) is 8.41. The smallest absolute Gasteiger partial charge is 0.257 e. The summed E-state index contributed by atoms with van der Waals surface area (Å²) in [5, 5.41) is 6.34. The lowest BCUT2D eigenvalue weighted by Gasteiger charge is -2.09. The number of benzene rings is 1. The highest BCUT2D eigenvalue weighted by molar-refractivity contribution is 5.94. The van der Waals surface area contributed by atoms with Crippen LogP contribution >= 0.6 is 24.8 Å². The van der Waals surface area contributed by atoms with Gasteiger partial charge < -0.3 is 15.6 Å². The fraction of sp³-hybridized carbons (Fsp3) is 0.278. The SMILES string of the molecule is Cl.Cl.N[C@@H](Cc1cn(Cc2ccccc2)cn1)C(=O)Nc1cnn(CC(F)F)c1. The largest absolute Gasteiger partial charge is 0.333 e. The minimum absolute atomic E-state index is 0. The Labute approximate surface area is 179 Å². The predicted molar refractivity (Wildman–Crippen MR) is 111 cm³/mol. The van der Waals surface area contributed by atoms with Gasteiger partial charge in [0.15, 0.2) is 0 Å². The molecule has 2 heterocycles. The van der Waals surface area contributed by atoms with Crippen LogP contribution in [-0.4, -0.2) is 37.7 Å². The van der Waals surface area contributed by atoms with Crippen LogP contribution in [0.25, 0.3) is 0 Å². The van der Waals surface area contributed by atoms with E-state index in [1.165, 1.54) is 12.4 Å². The lowest BCUT2D eigenvalue weighted by Crippen LogP contribution is -2.37. The highest BCUT2D eigenvalue weighted by Gasteiger charge is 2.17. The molecule has 158 valence electrons. The number of anilines is 1. The summed E-state index contributed by atoms with van der Waals surface area (Å²) in [6.45, 7) is 0.152. The number of alkyl halides is 2. The molecule has 0 radical (unpaired) electrons. The first kappa shape index (κ1) is 24.5. The summed E-state index contributed by atoms with van der Waals surface area (Å²) < 4.78 is 27.6. The molecule has 0 aliphatic rings. The Hall–Kier alpha value is -2.49. The molecule has 0 bridgehead atoms. The fourth-order valence-electron chi connectivity index (χ4n) is 2.61. The van der Waals surface area contributed by atoms with Gasteiger partial charge in [-0.1, -0.05) is 30.3 Å². The van der Waals surface area contributed by atoms with Gasteiger partial charge in [0.05, 0.1) is 29.9 Å². The van der Waals surface area contributed by atoms with E-state index >= 15 is 0 Å². The predicted octanol–water partition coefficient (Wildman–Crippen LogP) is 2.75. The van der Waals surface area contributed by atoms with Crippen molar-refractivity contribution in [3.05, 3.63) is 66.5 Å². The zero-order valence-electron chi connectivity index (χ0n) is 15.3. The lowest BCUT2D eigenvalue weighted by molar-refractivity contribution is -0.117. The molecule has 0 fully saturated rings. The molecular weight excluding hydrogens is 425 g/mol. The van der Waals surface area contributed by atoms with E-state index in [2.05, 4.69) is 15.4 Å². The van der Waals surface area contributed by atoms with Gasteiger partial charge in [0.2, 0.25) is 5.91 Å². The summed E-state index contributed by atoms with van der Waals surface area (Å²) in [4.78, 5) is 16.5. The summed E-state index contributed by atoms with van der Waals surface area (Å²) in [6, 6.07) is 9.12. The number of rotatable bonds is 8. The van der Waals surface area contributed by atoms with Crippen LogP contribution in [-0.2, 0) is 24.3 Å². The monoisotopic (exact) mass is 446 g/mol. The number of nitrogens with zero attached hydrogens (tertiary/aromatic N) is 4. The maximum atomic E-state index is 12.3. The Balaban J connectivity index is 0.00000210. The molecule has 3 aromatic rings. The normalized spacial score (nSPS) is 11.4. The first-order chi connectivity index (χ1) is 13.0. The van der Waals surface area contributed by atoms with E-state index in [-0.39, 0.29) is 31.2 Å². The molecule has 2 aromatic heterocycles. The number of hydrogen-bond donors (Lipinski definition) is 2. The summed E-state index contributed by atoms with van der Waals surface area (Å²) in [5.74, 6) is -0.427. The molecule has 0 spiro atoms. The number of halogens is 4. The van der Waals surface area contributed by atoms with Crippen LogP contribution in [0.3, 0.4) is 0 Å². The van der Waals surface area contributed by atoms with Crippen LogP contribution in [0.15, 0.2) is 55.2 Å². The Kier molecular flexibility index (Phi) is 9.73. The van der Waals surface area contributed by atoms with Crippen LogP contribution in [0.1, 0.15) is 11.3 Å². The van der Waals surface area contributed by atoms with Crippen LogP contribution < -0.4 is 11.1 Å². The quantitative estimate of drug-likeness (QED) is 0.556. The molecule has 0 saturated carbocycles. The van der Waals surface area contributed by atoms with Crippen molar-refractivity contribution in [2.75, 3.05) is 5.32 Å². The van der Waals surface area contributed by atoms with E-state index in [4.69, 9.17) is 5.73 Å². The number of hydrogen-bond acceptors (Lipinski definition) is 4. The molecule has 1 atom stereocenters. The standard InChI is InChI=1S/C18H20F2N6O.2ClH/c19-17(20)11-26-10-15(7-23-26)24-18(27)16(21)6-14-9-25(12-22-14)8-13-4-2-1-3-5-13;;/h1-5,7,9-10,12,16-17H,6,8,11,21H2,(H,24,27);2*1H/t16-;;/m0../s1. The third-order valence-corrected chi connectivity index (χ3v) is 3.89. The summed E-state index contributed by atoms with van der Waals surface area (Å²) in [5.41, 5.74) is 8.10. The first-order valence-electron chi connectivity index (χ1n) is 8.41. The molecule has 0 unspecified atom stereocenters. The van der Waals surface area contributed by atoms with Crippen LogP contribution in [0, 0.1) is 0 Å². The van der Waals surface area contributed by atoms with Gasteiger partial charge in [-0.25, -0.2) is 13.8 Å². The van der Waals surface area contributed by atoms with E-state index in [0.717, 1.165) is 10.2 Å². The molecule has 3 N–H and O–H groups in total. The Morgan fingerprint density at radius 3 is 2.59 bits per heavy atom. The highest BCUT2D eigenvalue weighted by Crippen LogP contribution is 2.09. The van der Waals surface area contributed by atoms with Crippen molar-refractivity contribution < 1.29 is 13.6 Å². The number of nitrogens with two attached hydrogens (primary N) is 1. The zero-order chi connectivity index (χ0) is 19.2. The van der Waals surface area contributed by atoms with Crippen molar-refractivity contribution in [2.24, 2.45) is 5.73 Å². The van der Waals surface area contributed by atoms with Gasteiger partial charge in [-0.3, -0.25) is 9.48 Å². The molecule has 1 amide bonds. The third kappa shape index (κ3) is 7.45. The number of nitrogens with one attached hydrogen (secondary N) is 1. The zero-order valence-corrected chi connectivity index (χ0v) is 17.0. The van der Waals surface area contributed by atoms with Gasteiger partial charge in [0.25, 0.3) is 6.43 Å². The van der Waals surface area contributed by atoms with Crippen LogP contribution in [0.2, 0.25) is 0 Å². The topological polar surface area (TPSA) is 90.8 Å².